The van der Waals surface area contributed by atoms with Gasteiger partial charge in [-0.05, 0) is 50.2 Å². The largest absolute Gasteiger partial charge is 0.482 e. The minimum absolute atomic E-state index is 0.0218. The number of hydrogen-bond acceptors (Lipinski definition) is 6. The van der Waals surface area contributed by atoms with E-state index in [1.165, 1.54) is 62.4 Å². The second-order valence-electron chi connectivity index (χ2n) is 8.28. The van der Waals surface area contributed by atoms with Gasteiger partial charge in [0.2, 0.25) is 5.91 Å². The molecular formula is C23H22F5N3O5. The van der Waals surface area contributed by atoms with E-state index in [2.05, 4.69) is 15.2 Å². The lowest BCUT2D eigenvalue weighted by molar-refractivity contribution is -0.153. The van der Waals surface area contributed by atoms with Gasteiger partial charge in [-0.3, -0.25) is 9.59 Å². The predicted octanol–water partition coefficient (Wildman–Crippen LogP) is 4.35. The number of anilines is 2. The van der Waals surface area contributed by atoms with Crippen molar-refractivity contribution in [2.75, 3.05) is 16.9 Å². The molecule has 2 N–H and O–H groups in total. The van der Waals surface area contributed by atoms with E-state index in [1.807, 2.05) is 0 Å². The molecule has 0 spiro atoms. The SMILES string of the molecule is CC(C)(O)C1=NN(c2ccccc2OCC(F)(F)F)C(=O)C(C(=O)Nc2ccc(OC(F)F)cc2)C1. The molecule has 0 fully saturated rings. The zero-order valence-corrected chi connectivity index (χ0v) is 19.1. The van der Waals surface area contributed by atoms with Crippen molar-refractivity contribution in [3.63, 3.8) is 0 Å². The van der Waals surface area contributed by atoms with Crippen LogP contribution < -0.4 is 19.8 Å². The minimum Gasteiger partial charge on any atom is -0.482 e. The first kappa shape index (κ1) is 26.9. The molecule has 2 amide bonds. The molecule has 1 heterocycles. The zero-order valence-electron chi connectivity index (χ0n) is 19.1. The molecule has 194 valence electrons. The van der Waals surface area contributed by atoms with Crippen LogP contribution in [0.1, 0.15) is 20.3 Å². The average molecular weight is 515 g/mol. The summed E-state index contributed by atoms with van der Waals surface area (Å²) in [6.07, 6.45) is -4.92. The number of aliphatic hydroxyl groups is 1. The Morgan fingerprint density at radius 3 is 2.39 bits per heavy atom. The Hall–Kier alpha value is -3.74. The lowest BCUT2D eigenvalue weighted by Gasteiger charge is -2.33. The number of alkyl halides is 5. The fourth-order valence-electron chi connectivity index (χ4n) is 3.25. The van der Waals surface area contributed by atoms with Gasteiger partial charge in [0.1, 0.15) is 23.1 Å². The summed E-state index contributed by atoms with van der Waals surface area (Å²) in [6, 6.07) is 10.3. The Kier molecular flexibility index (Phi) is 7.82. The molecule has 1 aliphatic heterocycles. The lowest BCUT2D eigenvalue weighted by Crippen LogP contribution is -2.48. The monoisotopic (exact) mass is 515 g/mol. The van der Waals surface area contributed by atoms with E-state index in [-0.39, 0.29) is 35.0 Å². The number of nitrogens with zero attached hydrogens (tertiary/aromatic N) is 2. The van der Waals surface area contributed by atoms with E-state index in [1.54, 1.807) is 0 Å². The summed E-state index contributed by atoms with van der Waals surface area (Å²) < 4.78 is 71.9. The number of amides is 2. The summed E-state index contributed by atoms with van der Waals surface area (Å²) in [5, 5.41) is 17.8. The van der Waals surface area contributed by atoms with Crippen molar-refractivity contribution in [1.82, 2.24) is 0 Å². The predicted molar refractivity (Wildman–Crippen MR) is 119 cm³/mol. The van der Waals surface area contributed by atoms with Crippen LogP contribution in [0.2, 0.25) is 0 Å². The molecule has 3 rings (SSSR count). The summed E-state index contributed by atoms with van der Waals surface area (Å²) >= 11 is 0. The molecule has 0 saturated carbocycles. The second kappa shape index (κ2) is 10.5. The fourth-order valence-corrected chi connectivity index (χ4v) is 3.25. The molecule has 0 aliphatic carbocycles. The number of rotatable bonds is 8. The Bertz CT molecular complexity index is 1130. The maximum atomic E-state index is 13.3. The number of hydrazone groups is 1. The van der Waals surface area contributed by atoms with Gasteiger partial charge < -0.3 is 19.9 Å². The molecule has 0 bridgehead atoms. The van der Waals surface area contributed by atoms with Gasteiger partial charge >= 0.3 is 12.8 Å². The van der Waals surface area contributed by atoms with Gasteiger partial charge in [0.25, 0.3) is 5.91 Å². The smallest absolute Gasteiger partial charge is 0.422 e. The van der Waals surface area contributed by atoms with Crippen LogP contribution in [0.25, 0.3) is 0 Å². The van der Waals surface area contributed by atoms with Gasteiger partial charge in [-0.25, -0.2) is 0 Å². The third kappa shape index (κ3) is 6.90. The number of nitrogens with one attached hydrogen (secondary N) is 1. The Balaban J connectivity index is 1.89. The summed E-state index contributed by atoms with van der Waals surface area (Å²) in [7, 11) is 0. The number of benzene rings is 2. The fraction of sp³-hybridized carbons (Fsp3) is 0.348. The molecule has 2 aromatic rings. The van der Waals surface area contributed by atoms with Crippen LogP contribution in [-0.4, -0.2) is 47.6 Å². The van der Waals surface area contributed by atoms with Crippen LogP contribution in [0.15, 0.2) is 53.6 Å². The molecular weight excluding hydrogens is 493 g/mol. The number of ether oxygens (including phenoxy) is 2. The molecule has 2 aromatic carbocycles. The molecule has 8 nitrogen and oxygen atoms in total. The Morgan fingerprint density at radius 1 is 1.17 bits per heavy atom. The van der Waals surface area contributed by atoms with Gasteiger partial charge in [-0.1, -0.05) is 12.1 Å². The van der Waals surface area contributed by atoms with E-state index < -0.39 is 42.7 Å². The first-order valence-electron chi connectivity index (χ1n) is 10.5. The van der Waals surface area contributed by atoms with Crippen LogP contribution in [0.4, 0.5) is 33.3 Å². The molecule has 1 atom stereocenters. The van der Waals surface area contributed by atoms with Crippen molar-refractivity contribution < 1.29 is 46.1 Å². The summed E-state index contributed by atoms with van der Waals surface area (Å²) in [6.45, 7) is -1.90. The molecule has 0 radical (unpaired) electrons. The highest BCUT2D eigenvalue weighted by molar-refractivity contribution is 6.17. The van der Waals surface area contributed by atoms with E-state index >= 15 is 0 Å². The third-order valence-corrected chi connectivity index (χ3v) is 4.98. The Morgan fingerprint density at radius 2 is 1.81 bits per heavy atom. The lowest BCUT2D eigenvalue weighted by atomic mass is 9.89. The highest BCUT2D eigenvalue weighted by atomic mass is 19.4. The van der Waals surface area contributed by atoms with Gasteiger partial charge in [0.15, 0.2) is 6.61 Å². The number of para-hydroxylation sites is 2. The first-order chi connectivity index (χ1) is 16.7. The molecule has 0 aromatic heterocycles. The Labute approximate surface area is 202 Å². The van der Waals surface area contributed by atoms with E-state index in [4.69, 9.17) is 4.74 Å². The van der Waals surface area contributed by atoms with Crippen molar-refractivity contribution in [2.45, 2.75) is 38.7 Å². The first-order valence-corrected chi connectivity index (χ1v) is 10.5. The van der Waals surface area contributed by atoms with E-state index in [9.17, 15) is 36.6 Å². The highest BCUT2D eigenvalue weighted by Gasteiger charge is 2.41. The maximum absolute atomic E-state index is 13.3. The van der Waals surface area contributed by atoms with Crippen LogP contribution in [0, 0.1) is 5.92 Å². The van der Waals surface area contributed by atoms with Crippen molar-refractivity contribution in [2.24, 2.45) is 11.0 Å². The topological polar surface area (TPSA) is 100 Å². The average Bonchev–Trinajstić information content (AvgIpc) is 2.78. The van der Waals surface area contributed by atoms with E-state index in [0.717, 1.165) is 5.01 Å². The number of carbonyl (C=O) groups is 2. The summed E-state index contributed by atoms with van der Waals surface area (Å²) in [4.78, 5) is 26.3. The quantitative estimate of drug-likeness (QED) is 0.402. The highest BCUT2D eigenvalue weighted by Crippen LogP contribution is 2.35. The van der Waals surface area contributed by atoms with Crippen molar-refractivity contribution in [3.05, 3.63) is 48.5 Å². The number of halogens is 5. The number of carbonyl (C=O) groups excluding carboxylic acids is 2. The standard InChI is InChI=1S/C23H22F5N3O5/c1-22(2,34)18-11-15(19(32)29-13-7-9-14(10-8-13)36-21(24)25)20(33)31(30-18)16-5-3-4-6-17(16)35-12-23(26,27)28/h3-10,15,21,34H,11-12H2,1-2H3,(H,29,32). The maximum Gasteiger partial charge on any atom is 0.422 e. The van der Waals surface area contributed by atoms with Crippen molar-refractivity contribution in [3.8, 4) is 11.5 Å². The summed E-state index contributed by atoms with van der Waals surface area (Å²) in [5.74, 6) is -3.55. The van der Waals surface area contributed by atoms with Gasteiger partial charge in [0.05, 0.1) is 11.3 Å². The van der Waals surface area contributed by atoms with Crippen LogP contribution >= 0.6 is 0 Å². The number of hydrogen-bond donors (Lipinski definition) is 2. The minimum atomic E-state index is -4.64. The van der Waals surface area contributed by atoms with Gasteiger partial charge in [0, 0.05) is 12.1 Å². The zero-order chi connectivity index (χ0) is 26.7. The van der Waals surface area contributed by atoms with Crippen molar-refractivity contribution in [1.29, 1.82) is 0 Å². The van der Waals surface area contributed by atoms with Crippen LogP contribution in [-0.2, 0) is 9.59 Å². The van der Waals surface area contributed by atoms with Gasteiger partial charge in [-0.2, -0.15) is 32.1 Å². The molecule has 0 saturated heterocycles. The summed E-state index contributed by atoms with van der Waals surface area (Å²) in [5.41, 5.74) is -1.54. The van der Waals surface area contributed by atoms with Crippen LogP contribution in [0.5, 0.6) is 11.5 Å². The normalized spacial score (nSPS) is 16.6. The molecule has 1 unspecified atom stereocenters. The molecule has 13 heteroatoms. The van der Waals surface area contributed by atoms with Crippen molar-refractivity contribution >= 4 is 28.9 Å². The van der Waals surface area contributed by atoms with Crippen LogP contribution in [0.3, 0.4) is 0 Å². The second-order valence-corrected chi connectivity index (χ2v) is 8.28. The van der Waals surface area contributed by atoms with E-state index in [0.29, 0.717) is 0 Å². The van der Waals surface area contributed by atoms with Gasteiger partial charge in [-0.15, -0.1) is 0 Å². The molecule has 36 heavy (non-hydrogen) atoms. The molecule has 1 aliphatic rings. The third-order valence-electron chi connectivity index (χ3n) is 4.98.